The van der Waals surface area contributed by atoms with Crippen LogP contribution < -0.4 is 5.32 Å². The highest BCUT2D eigenvalue weighted by Gasteiger charge is 2.09. The molecule has 0 atom stereocenters. The second-order valence-corrected chi connectivity index (χ2v) is 4.78. The van der Waals surface area contributed by atoms with Gasteiger partial charge in [-0.25, -0.2) is 0 Å². The summed E-state index contributed by atoms with van der Waals surface area (Å²) in [6.45, 7) is 2.04. The zero-order valence-corrected chi connectivity index (χ0v) is 11.9. The highest BCUT2D eigenvalue weighted by Crippen LogP contribution is 2.28. The van der Waals surface area contributed by atoms with Gasteiger partial charge >= 0.3 is 5.97 Å². The number of carbonyl (C=O) groups excluding carboxylic acids is 1. The van der Waals surface area contributed by atoms with Crippen LogP contribution in [-0.4, -0.2) is 29.6 Å². The summed E-state index contributed by atoms with van der Waals surface area (Å²) in [7, 11) is 1.37. The minimum atomic E-state index is -0.309. The molecule has 2 heterocycles. The fourth-order valence-electron chi connectivity index (χ4n) is 2.34. The van der Waals surface area contributed by atoms with Gasteiger partial charge in [-0.05, 0) is 25.1 Å². The third kappa shape index (κ3) is 2.50. The van der Waals surface area contributed by atoms with Gasteiger partial charge in [-0.15, -0.1) is 0 Å². The van der Waals surface area contributed by atoms with Crippen molar-refractivity contribution in [2.75, 3.05) is 19.0 Å². The fourth-order valence-corrected chi connectivity index (χ4v) is 2.34. The van der Waals surface area contributed by atoms with Crippen LogP contribution in [0.25, 0.3) is 21.8 Å². The highest BCUT2D eigenvalue weighted by atomic mass is 16.5. The van der Waals surface area contributed by atoms with Crippen molar-refractivity contribution >= 4 is 33.5 Å². The predicted molar refractivity (Wildman–Crippen MR) is 82.3 cm³/mol. The Kier molecular flexibility index (Phi) is 3.39. The van der Waals surface area contributed by atoms with Crippen LogP contribution in [-0.2, 0) is 9.53 Å². The number of esters is 1. The number of aryl methyl sites for hydroxylation is 1. The molecule has 1 N–H and O–H groups in total. The molecule has 0 spiro atoms. The Morgan fingerprint density at radius 1 is 1.29 bits per heavy atom. The van der Waals surface area contributed by atoms with E-state index in [0.29, 0.717) is 0 Å². The normalized spacial score (nSPS) is 10.8. The summed E-state index contributed by atoms with van der Waals surface area (Å²) < 4.78 is 4.66. The molecule has 0 saturated carbocycles. The van der Waals surface area contributed by atoms with Crippen LogP contribution in [0, 0.1) is 6.92 Å². The average molecular weight is 281 g/mol. The van der Waals surface area contributed by atoms with E-state index >= 15 is 0 Å². The number of methoxy groups -OCH3 is 1. The fraction of sp³-hybridized carbons (Fsp3) is 0.188. The van der Waals surface area contributed by atoms with Crippen LogP contribution in [0.3, 0.4) is 0 Å². The van der Waals surface area contributed by atoms with E-state index in [1.807, 2.05) is 37.3 Å². The van der Waals surface area contributed by atoms with Crippen molar-refractivity contribution < 1.29 is 9.53 Å². The molecule has 21 heavy (non-hydrogen) atoms. The lowest BCUT2D eigenvalue weighted by molar-refractivity contribution is -0.138. The second-order valence-electron chi connectivity index (χ2n) is 4.78. The maximum atomic E-state index is 11.3. The molecule has 0 aliphatic carbocycles. The van der Waals surface area contributed by atoms with Crippen LogP contribution in [0.15, 0.2) is 36.5 Å². The van der Waals surface area contributed by atoms with Crippen LogP contribution in [0.1, 0.15) is 5.69 Å². The van der Waals surface area contributed by atoms with Crippen LogP contribution in [0.4, 0.5) is 5.69 Å². The number of hydrogen-bond donors (Lipinski definition) is 1. The van der Waals surface area contributed by atoms with E-state index in [1.165, 1.54) is 7.11 Å². The maximum absolute atomic E-state index is 11.3. The van der Waals surface area contributed by atoms with E-state index in [-0.39, 0.29) is 12.5 Å². The van der Waals surface area contributed by atoms with Gasteiger partial charge in [0, 0.05) is 28.4 Å². The Hall–Kier alpha value is -2.69. The number of pyridine rings is 2. The molecule has 3 rings (SSSR count). The van der Waals surface area contributed by atoms with Gasteiger partial charge in [-0.2, -0.15) is 0 Å². The first-order valence-corrected chi connectivity index (χ1v) is 6.65. The van der Waals surface area contributed by atoms with Crippen LogP contribution in [0.5, 0.6) is 0 Å². The number of hydrogen-bond acceptors (Lipinski definition) is 5. The first-order chi connectivity index (χ1) is 10.2. The lowest BCUT2D eigenvalue weighted by Crippen LogP contribution is -2.15. The largest absolute Gasteiger partial charge is 0.468 e. The van der Waals surface area contributed by atoms with E-state index in [4.69, 9.17) is 0 Å². The second kappa shape index (κ2) is 5.36. The lowest BCUT2D eigenvalue weighted by Gasteiger charge is -2.11. The van der Waals surface area contributed by atoms with Gasteiger partial charge in [0.2, 0.25) is 0 Å². The van der Waals surface area contributed by atoms with Crippen LogP contribution in [0.2, 0.25) is 0 Å². The van der Waals surface area contributed by atoms with Crippen LogP contribution >= 0.6 is 0 Å². The minimum Gasteiger partial charge on any atom is -0.468 e. The molecular formula is C16H15N3O2. The number of fused-ring (bicyclic) bond motifs is 3. The van der Waals surface area contributed by atoms with E-state index in [9.17, 15) is 4.79 Å². The molecule has 5 nitrogen and oxygen atoms in total. The van der Waals surface area contributed by atoms with Gasteiger partial charge in [-0.3, -0.25) is 14.8 Å². The van der Waals surface area contributed by atoms with Crippen molar-refractivity contribution in [2.45, 2.75) is 6.92 Å². The first kappa shape index (κ1) is 13.3. The molecule has 3 aromatic rings. The summed E-state index contributed by atoms with van der Waals surface area (Å²) in [5.41, 5.74) is 3.42. The zero-order chi connectivity index (χ0) is 14.8. The summed E-state index contributed by atoms with van der Waals surface area (Å²) in [6.07, 6.45) is 1.76. The number of rotatable bonds is 3. The third-order valence-corrected chi connectivity index (χ3v) is 3.33. The summed E-state index contributed by atoms with van der Waals surface area (Å²) in [5.74, 6) is -0.309. The van der Waals surface area contributed by atoms with Gasteiger partial charge in [0.05, 0.1) is 18.1 Å². The molecule has 0 fully saturated rings. The molecule has 0 aliphatic rings. The number of anilines is 1. The van der Waals surface area contributed by atoms with Crippen molar-refractivity contribution in [3.8, 4) is 0 Å². The van der Waals surface area contributed by atoms with Gasteiger partial charge in [0.15, 0.2) is 0 Å². The van der Waals surface area contributed by atoms with Gasteiger partial charge in [-0.1, -0.05) is 12.1 Å². The Balaban J connectivity index is 2.16. The Morgan fingerprint density at radius 3 is 2.95 bits per heavy atom. The van der Waals surface area contributed by atoms with Crippen molar-refractivity contribution in [1.82, 2.24) is 9.97 Å². The monoisotopic (exact) mass is 281 g/mol. The minimum absolute atomic E-state index is 0.120. The van der Waals surface area contributed by atoms with Gasteiger partial charge in [0.1, 0.15) is 6.54 Å². The van der Waals surface area contributed by atoms with Crippen molar-refractivity contribution in [3.63, 3.8) is 0 Å². The number of aromatic nitrogens is 2. The number of benzene rings is 1. The SMILES string of the molecule is COC(=O)CNc1cc(C)nc2c1ccc1cccnc12. The topological polar surface area (TPSA) is 64.1 Å². The number of nitrogens with one attached hydrogen (secondary N) is 1. The molecule has 1 aromatic carbocycles. The molecule has 0 unspecified atom stereocenters. The number of carbonyl (C=O) groups is 1. The summed E-state index contributed by atoms with van der Waals surface area (Å²) in [5, 5.41) is 5.09. The van der Waals surface area contributed by atoms with Crippen molar-refractivity contribution in [1.29, 1.82) is 0 Å². The Morgan fingerprint density at radius 2 is 2.14 bits per heavy atom. The highest BCUT2D eigenvalue weighted by molar-refractivity contribution is 6.07. The Bertz CT molecular complexity index is 830. The van der Waals surface area contributed by atoms with Gasteiger partial charge in [0.25, 0.3) is 0 Å². The molecule has 2 aromatic heterocycles. The number of nitrogens with zero attached hydrogens (tertiary/aromatic N) is 2. The molecule has 0 saturated heterocycles. The zero-order valence-electron chi connectivity index (χ0n) is 11.9. The predicted octanol–water partition coefficient (Wildman–Crippen LogP) is 2.68. The molecular weight excluding hydrogens is 266 g/mol. The summed E-state index contributed by atoms with van der Waals surface area (Å²) in [6, 6.07) is 9.82. The summed E-state index contributed by atoms with van der Waals surface area (Å²) >= 11 is 0. The van der Waals surface area contributed by atoms with Gasteiger partial charge < -0.3 is 10.1 Å². The molecule has 0 bridgehead atoms. The third-order valence-electron chi connectivity index (χ3n) is 3.33. The maximum Gasteiger partial charge on any atom is 0.325 e. The quantitative estimate of drug-likeness (QED) is 0.590. The van der Waals surface area contributed by atoms with E-state index in [0.717, 1.165) is 33.2 Å². The molecule has 5 heteroatoms. The summed E-state index contributed by atoms with van der Waals surface area (Å²) in [4.78, 5) is 20.3. The standard InChI is InChI=1S/C16H15N3O2/c1-10-8-13(18-9-14(20)21-2)12-6-5-11-4-3-7-17-15(11)16(12)19-10/h3-8H,9H2,1-2H3,(H,18,19). The van der Waals surface area contributed by atoms with Crippen molar-refractivity contribution in [2.24, 2.45) is 0 Å². The van der Waals surface area contributed by atoms with E-state index in [1.54, 1.807) is 6.20 Å². The molecule has 0 aliphatic heterocycles. The molecule has 0 amide bonds. The van der Waals surface area contributed by atoms with E-state index < -0.39 is 0 Å². The molecule has 106 valence electrons. The number of ether oxygens (including phenoxy) is 1. The van der Waals surface area contributed by atoms with E-state index in [2.05, 4.69) is 20.0 Å². The lowest BCUT2D eigenvalue weighted by atomic mass is 10.1. The Labute approximate surface area is 122 Å². The first-order valence-electron chi connectivity index (χ1n) is 6.65. The average Bonchev–Trinajstić information content (AvgIpc) is 2.52. The molecule has 0 radical (unpaired) electrons. The smallest absolute Gasteiger partial charge is 0.325 e. The van der Waals surface area contributed by atoms with Crippen molar-refractivity contribution in [3.05, 3.63) is 42.2 Å².